The van der Waals surface area contributed by atoms with Crippen molar-refractivity contribution in [3.05, 3.63) is 45.9 Å². The van der Waals surface area contributed by atoms with Gasteiger partial charge in [-0.1, -0.05) is 6.07 Å². The van der Waals surface area contributed by atoms with Crippen LogP contribution in [0.4, 0.5) is 0 Å². The fourth-order valence-corrected chi connectivity index (χ4v) is 3.39. The van der Waals surface area contributed by atoms with Crippen molar-refractivity contribution >= 4 is 17.2 Å². The predicted octanol–water partition coefficient (Wildman–Crippen LogP) is 2.71. The largest absolute Gasteiger partial charge is 0.492 e. The number of rotatable bonds is 5. The van der Waals surface area contributed by atoms with E-state index in [-0.39, 0.29) is 11.9 Å². The third kappa shape index (κ3) is 3.89. The summed E-state index contributed by atoms with van der Waals surface area (Å²) in [4.78, 5) is 17.4. The smallest absolute Gasteiger partial charge is 0.270 e. The van der Waals surface area contributed by atoms with Gasteiger partial charge in [-0.05, 0) is 49.3 Å². The predicted molar refractivity (Wildman–Crippen MR) is 88.9 cm³/mol. The van der Waals surface area contributed by atoms with E-state index in [9.17, 15) is 9.90 Å². The molecule has 0 bridgehead atoms. The summed E-state index contributed by atoms with van der Waals surface area (Å²) in [5.74, 6) is 0.554. The van der Waals surface area contributed by atoms with Gasteiger partial charge in [0.05, 0.1) is 18.9 Å². The average molecular weight is 332 g/mol. The van der Waals surface area contributed by atoms with Crippen molar-refractivity contribution in [3.63, 3.8) is 0 Å². The molecule has 23 heavy (non-hydrogen) atoms. The van der Waals surface area contributed by atoms with Crippen molar-refractivity contribution < 1.29 is 14.6 Å². The van der Waals surface area contributed by atoms with Crippen molar-refractivity contribution in [1.29, 1.82) is 0 Å². The highest BCUT2D eigenvalue weighted by atomic mass is 32.1. The third-order valence-electron chi connectivity index (χ3n) is 3.85. The van der Waals surface area contributed by atoms with Gasteiger partial charge in [0.15, 0.2) is 0 Å². The lowest BCUT2D eigenvalue weighted by Gasteiger charge is -2.19. The Balaban J connectivity index is 1.60. The summed E-state index contributed by atoms with van der Waals surface area (Å²) in [6.45, 7) is 2.59. The number of aromatic nitrogens is 1. The summed E-state index contributed by atoms with van der Waals surface area (Å²) in [5, 5.41) is 15.0. The van der Waals surface area contributed by atoms with Crippen molar-refractivity contribution in [1.82, 2.24) is 10.3 Å². The number of carbonyl (C=O) groups excluding carboxylic acids is 1. The van der Waals surface area contributed by atoms with Gasteiger partial charge in [0.25, 0.3) is 5.91 Å². The van der Waals surface area contributed by atoms with Crippen LogP contribution in [-0.2, 0) is 6.42 Å². The molecule has 0 fully saturated rings. The molecule has 1 aliphatic rings. The molecule has 2 aromatic rings. The van der Waals surface area contributed by atoms with Crippen LogP contribution in [0.3, 0.4) is 0 Å². The van der Waals surface area contributed by atoms with Gasteiger partial charge in [0, 0.05) is 10.9 Å². The van der Waals surface area contributed by atoms with Crippen LogP contribution in [-0.4, -0.2) is 28.6 Å². The average Bonchev–Trinajstić information content (AvgIpc) is 3.08. The van der Waals surface area contributed by atoms with Crippen LogP contribution < -0.4 is 10.1 Å². The van der Waals surface area contributed by atoms with E-state index in [1.165, 1.54) is 11.3 Å². The molecule has 0 aliphatic carbocycles. The highest BCUT2D eigenvalue weighted by Crippen LogP contribution is 2.25. The summed E-state index contributed by atoms with van der Waals surface area (Å²) in [6.07, 6.45) is 3.40. The maximum Gasteiger partial charge on any atom is 0.270 e. The molecular weight excluding hydrogens is 312 g/mol. The number of carbonyl (C=O) groups is 1. The molecule has 5 nitrogen and oxygen atoms in total. The molecule has 0 aromatic carbocycles. The van der Waals surface area contributed by atoms with E-state index in [1.54, 1.807) is 12.3 Å². The zero-order valence-electron chi connectivity index (χ0n) is 13.0. The Hall–Kier alpha value is -1.92. The zero-order valence-corrected chi connectivity index (χ0v) is 13.8. The number of amides is 1. The lowest BCUT2D eigenvalue weighted by atomic mass is 10.1. The summed E-state index contributed by atoms with van der Waals surface area (Å²) < 4.78 is 5.51. The summed E-state index contributed by atoms with van der Waals surface area (Å²) in [6, 6.07) is 5.46. The van der Waals surface area contributed by atoms with Crippen LogP contribution in [0, 0.1) is 0 Å². The molecule has 1 amide bonds. The van der Waals surface area contributed by atoms with Gasteiger partial charge in [-0.3, -0.25) is 4.79 Å². The van der Waals surface area contributed by atoms with Crippen LogP contribution in [0.5, 0.6) is 5.75 Å². The summed E-state index contributed by atoms with van der Waals surface area (Å²) in [5.41, 5.74) is 1.43. The van der Waals surface area contributed by atoms with Gasteiger partial charge in [-0.2, -0.15) is 0 Å². The fourth-order valence-electron chi connectivity index (χ4n) is 2.67. The third-order valence-corrected chi connectivity index (χ3v) is 4.83. The van der Waals surface area contributed by atoms with Gasteiger partial charge in [-0.15, -0.1) is 11.3 Å². The van der Waals surface area contributed by atoms with Gasteiger partial charge < -0.3 is 15.2 Å². The number of hydrogen-bond acceptors (Lipinski definition) is 5. The van der Waals surface area contributed by atoms with E-state index in [1.807, 2.05) is 24.4 Å². The second kappa shape index (κ2) is 7.10. The zero-order chi connectivity index (χ0) is 16.2. The van der Waals surface area contributed by atoms with Crippen molar-refractivity contribution in [2.75, 3.05) is 6.61 Å². The number of hydrogen-bond donors (Lipinski definition) is 2. The monoisotopic (exact) mass is 332 g/mol. The van der Waals surface area contributed by atoms with Crippen LogP contribution in [0.2, 0.25) is 0 Å². The van der Waals surface area contributed by atoms with Crippen LogP contribution in [0.1, 0.15) is 46.8 Å². The van der Waals surface area contributed by atoms with E-state index in [4.69, 9.17) is 4.74 Å². The number of nitrogens with one attached hydrogen (secondary N) is 1. The normalized spacial score (nSPS) is 16.1. The van der Waals surface area contributed by atoms with E-state index >= 15 is 0 Å². The topological polar surface area (TPSA) is 71.5 Å². The van der Waals surface area contributed by atoms with Crippen molar-refractivity contribution in [2.24, 2.45) is 0 Å². The van der Waals surface area contributed by atoms with Crippen molar-refractivity contribution in [3.8, 4) is 5.75 Å². The standard InChI is InChI=1S/C17H20N2O3S/c1-11(8-14(20)16-5-3-7-23-16)19-17(21)13-9-12-4-2-6-22-15(12)10-18-13/h3,5,7,9-11,14,20H,2,4,6,8H2,1H3,(H,19,21)/t11-,14-/m1/s1. The Labute approximate surface area is 139 Å². The number of aliphatic hydroxyl groups is 1. The van der Waals surface area contributed by atoms with Crippen LogP contribution in [0.25, 0.3) is 0 Å². The first-order chi connectivity index (χ1) is 11.1. The maximum atomic E-state index is 12.3. The first-order valence-electron chi connectivity index (χ1n) is 7.77. The minimum Gasteiger partial charge on any atom is -0.492 e. The molecule has 6 heteroatoms. The Morgan fingerprint density at radius 1 is 1.57 bits per heavy atom. The Kier molecular flexibility index (Phi) is 4.93. The lowest BCUT2D eigenvalue weighted by Crippen LogP contribution is -2.34. The molecule has 122 valence electrons. The van der Waals surface area contributed by atoms with Gasteiger partial charge in [0.2, 0.25) is 0 Å². The number of ether oxygens (including phenoxy) is 1. The molecule has 2 aromatic heterocycles. The molecule has 1 aliphatic heterocycles. The Bertz CT molecular complexity index is 672. The number of fused-ring (bicyclic) bond motifs is 1. The van der Waals surface area contributed by atoms with Crippen molar-refractivity contribution in [2.45, 2.75) is 38.3 Å². The second-order valence-corrected chi connectivity index (χ2v) is 6.75. The highest BCUT2D eigenvalue weighted by molar-refractivity contribution is 7.10. The lowest BCUT2D eigenvalue weighted by molar-refractivity contribution is 0.0913. The van der Waals surface area contributed by atoms with E-state index < -0.39 is 6.10 Å². The molecule has 3 rings (SSSR count). The fraction of sp³-hybridized carbons (Fsp3) is 0.412. The van der Waals surface area contributed by atoms with Gasteiger partial charge in [0.1, 0.15) is 11.4 Å². The summed E-state index contributed by atoms with van der Waals surface area (Å²) >= 11 is 1.51. The highest BCUT2D eigenvalue weighted by Gasteiger charge is 2.18. The number of pyridine rings is 1. The van der Waals surface area contributed by atoms with Crippen LogP contribution >= 0.6 is 11.3 Å². The molecule has 0 saturated carbocycles. The van der Waals surface area contributed by atoms with E-state index in [0.29, 0.717) is 18.7 Å². The number of aliphatic hydroxyl groups excluding tert-OH is 1. The SMILES string of the molecule is C[C@H](C[C@@H](O)c1cccs1)NC(=O)c1cc2c(cn1)OCCC2. The summed E-state index contributed by atoms with van der Waals surface area (Å²) in [7, 11) is 0. The molecular formula is C17H20N2O3S. The molecule has 2 N–H and O–H groups in total. The molecule has 0 spiro atoms. The van der Waals surface area contributed by atoms with Gasteiger partial charge in [-0.25, -0.2) is 4.98 Å². The minimum absolute atomic E-state index is 0.145. The molecule has 0 saturated heterocycles. The maximum absolute atomic E-state index is 12.3. The number of nitrogens with zero attached hydrogens (tertiary/aromatic N) is 1. The first kappa shape index (κ1) is 16.0. The minimum atomic E-state index is -0.560. The first-order valence-corrected chi connectivity index (χ1v) is 8.65. The van der Waals surface area contributed by atoms with Gasteiger partial charge >= 0.3 is 0 Å². The molecule has 0 radical (unpaired) electrons. The van der Waals surface area contributed by atoms with Crippen LogP contribution in [0.15, 0.2) is 29.8 Å². The quantitative estimate of drug-likeness (QED) is 0.883. The Morgan fingerprint density at radius 2 is 2.43 bits per heavy atom. The Morgan fingerprint density at radius 3 is 3.22 bits per heavy atom. The molecule has 3 heterocycles. The second-order valence-electron chi connectivity index (χ2n) is 5.77. The molecule has 2 atom stereocenters. The van der Waals surface area contributed by atoms with E-state index in [2.05, 4.69) is 10.3 Å². The number of aryl methyl sites for hydroxylation is 1. The number of thiophene rings is 1. The molecule has 0 unspecified atom stereocenters. The van der Waals surface area contributed by atoms with E-state index in [0.717, 1.165) is 29.0 Å².